The number of sulfonamides is 1. The fourth-order valence-electron chi connectivity index (χ4n) is 3.32. The zero-order valence-electron chi connectivity index (χ0n) is 16.1. The molecule has 0 aliphatic carbocycles. The molecule has 0 spiro atoms. The first-order valence-corrected chi connectivity index (χ1v) is 11.7. The molecule has 0 saturated carbocycles. The van der Waals surface area contributed by atoms with Crippen molar-refractivity contribution >= 4 is 38.3 Å². The van der Waals surface area contributed by atoms with Crippen LogP contribution >= 0.6 is 11.3 Å². The molecule has 0 unspecified atom stereocenters. The lowest BCUT2D eigenvalue weighted by atomic mass is 10.0. The topological polar surface area (TPSA) is 96.6 Å². The van der Waals surface area contributed by atoms with Crippen molar-refractivity contribution in [1.29, 1.82) is 0 Å². The third-order valence-electron chi connectivity index (χ3n) is 4.90. The summed E-state index contributed by atoms with van der Waals surface area (Å²) >= 11 is 1.63. The maximum atomic E-state index is 12.7. The molecule has 0 radical (unpaired) electrons. The van der Waals surface area contributed by atoms with Crippen LogP contribution in [0.1, 0.15) is 21.7 Å². The largest absolute Gasteiger partial charge is 0.475 e. The van der Waals surface area contributed by atoms with Gasteiger partial charge in [0.25, 0.3) is 0 Å². The molecule has 0 saturated heterocycles. The zero-order chi connectivity index (χ0) is 21.3. The Bertz CT molecular complexity index is 1320. The van der Waals surface area contributed by atoms with Crippen LogP contribution in [0.25, 0.3) is 22.1 Å². The highest BCUT2D eigenvalue weighted by molar-refractivity contribution is 7.89. The molecule has 2 heterocycles. The summed E-state index contributed by atoms with van der Waals surface area (Å²) in [5.41, 5.74) is 4.03. The number of thiophene rings is 1. The SMILES string of the molecule is Cc1c(C(=O)O)oc2ccc(S(=O)(=O)NCCc3cccc(-c4ccsc4)c3)cc12. The molecule has 154 valence electrons. The van der Waals surface area contributed by atoms with Gasteiger partial charge in [-0.2, -0.15) is 11.3 Å². The Kier molecular flexibility index (Phi) is 5.46. The van der Waals surface area contributed by atoms with Gasteiger partial charge in [0.1, 0.15) is 5.58 Å². The van der Waals surface area contributed by atoms with E-state index in [0.29, 0.717) is 23.0 Å². The molecule has 0 aliphatic heterocycles. The molecule has 30 heavy (non-hydrogen) atoms. The van der Waals surface area contributed by atoms with Gasteiger partial charge < -0.3 is 9.52 Å². The molecule has 0 aliphatic rings. The Morgan fingerprint density at radius 2 is 1.97 bits per heavy atom. The second-order valence-corrected chi connectivity index (χ2v) is 9.43. The summed E-state index contributed by atoms with van der Waals surface area (Å²) in [7, 11) is -3.74. The van der Waals surface area contributed by atoms with Crippen molar-refractivity contribution in [3.05, 3.63) is 76.2 Å². The molecule has 2 N–H and O–H groups in total. The summed E-state index contributed by atoms with van der Waals surface area (Å²) in [5, 5.41) is 13.7. The highest BCUT2D eigenvalue weighted by atomic mass is 32.2. The third kappa shape index (κ3) is 4.02. The standard InChI is InChI=1S/C22H19NO5S2/c1-14-19-12-18(5-6-20(19)28-21(14)22(24)25)30(26,27)23-9-7-15-3-2-4-16(11-15)17-8-10-29-13-17/h2-6,8,10-13,23H,7,9H2,1H3,(H,24,25). The minimum absolute atomic E-state index is 0.0721. The van der Waals surface area contributed by atoms with Crippen LogP contribution in [0.3, 0.4) is 0 Å². The number of hydrogen-bond donors (Lipinski definition) is 2. The van der Waals surface area contributed by atoms with Crippen LogP contribution in [0, 0.1) is 6.92 Å². The number of nitrogens with one attached hydrogen (secondary N) is 1. The molecule has 2 aromatic heterocycles. The van der Waals surface area contributed by atoms with E-state index in [2.05, 4.69) is 22.2 Å². The summed E-state index contributed by atoms with van der Waals surface area (Å²) in [6.07, 6.45) is 0.549. The van der Waals surface area contributed by atoms with E-state index in [-0.39, 0.29) is 17.2 Å². The molecule has 6 nitrogen and oxygen atoms in total. The third-order valence-corrected chi connectivity index (χ3v) is 7.04. The van der Waals surface area contributed by atoms with Crippen LogP contribution in [-0.2, 0) is 16.4 Å². The van der Waals surface area contributed by atoms with E-state index < -0.39 is 16.0 Å². The quantitative estimate of drug-likeness (QED) is 0.434. The number of carbonyl (C=O) groups is 1. The number of benzene rings is 2. The Hall–Kier alpha value is -2.94. The van der Waals surface area contributed by atoms with Gasteiger partial charge in [0, 0.05) is 17.5 Å². The average Bonchev–Trinajstić information content (AvgIpc) is 3.36. The van der Waals surface area contributed by atoms with Crippen molar-refractivity contribution in [2.45, 2.75) is 18.2 Å². The van der Waals surface area contributed by atoms with E-state index in [1.807, 2.05) is 23.6 Å². The van der Waals surface area contributed by atoms with Crippen molar-refractivity contribution in [2.75, 3.05) is 6.54 Å². The highest BCUT2D eigenvalue weighted by Gasteiger charge is 2.20. The summed E-state index contributed by atoms with van der Waals surface area (Å²) in [6, 6.07) is 14.4. The van der Waals surface area contributed by atoms with E-state index in [4.69, 9.17) is 4.42 Å². The Balaban J connectivity index is 1.49. The van der Waals surface area contributed by atoms with Crippen molar-refractivity contribution < 1.29 is 22.7 Å². The van der Waals surface area contributed by atoms with E-state index in [1.54, 1.807) is 18.3 Å². The van der Waals surface area contributed by atoms with Gasteiger partial charge in [-0.25, -0.2) is 17.9 Å². The Labute approximate surface area is 177 Å². The Morgan fingerprint density at radius 3 is 2.70 bits per heavy atom. The van der Waals surface area contributed by atoms with Gasteiger partial charge in [-0.15, -0.1) is 0 Å². The van der Waals surface area contributed by atoms with E-state index >= 15 is 0 Å². The predicted octanol–water partition coefficient (Wildman–Crippen LogP) is 4.69. The molecule has 0 atom stereocenters. The van der Waals surface area contributed by atoms with Crippen molar-refractivity contribution in [3.8, 4) is 11.1 Å². The summed E-state index contributed by atoms with van der Waals surface area (Å²) < 4.78 is 33.3. The summed E-state index contributed by atoms with van der Waals surface area (Å²) in [6.45, 7) is 1.85. The summed E-state index contributed by atoms with van der Waals surface area (Å²) in [4.78, 5) is 11.3. The number of aryl methyl sites for hydroxylation is 1. The molecule has 0 fully saturated rings. The van der Waals surface area contributed by atoms with Gasteiger partial charge in [-0.3, -0.25) is 0 Å². The molecule has 4 rings (SSSR count). The number of fused-ring (bicyclic) bond motifs is 1. The van der Waals surface area contributed by atoms with Crippen LogP contribution in [0.2, 0.25) is 0 Å². The highest BCUT2D eigenvalue weighted by Crippen LogP contribution is 2.28. The fourth-order valence-corrected chi connectivity index (χ4v) is 5.04. The number of carboxylic acid groups (broad SMARTS) is 1. The van der Waals surface area contributed by atoms with Crippen molar-refractivity contribution in [2.24, 2.45) is 0 Å². The molecule has 2 aromatic carbocycles. The van der Waals surface area contributed by atoms with E-state index in [1.165, 1.54) is 18.2 Å². The normalized spacial score (nSPS) is 11.8. The minimum atomic E-state index is -3.74. The maximum absolute atomic E-state index is 12.7. The maximum Gasteiger partial charge on any atom is 0.372 e. The van der Waals surface area contributed by atoms with Crippen LogP contribution in [-0.4, -0.2) is 26.0 Å². The smallest absolute Gasteiger partial charge is 0.372 e. The van der Waals surface area contributed by atoms with Gasteiger partial charge >= 0.3 is 5.97 Å². The van der Waals surface area contributed by atoms with Gasteiger partial charge in [-0.1, -0.05) is 24.3 Å². The first kappa shape index (κ1) is 20.3. The van der Waals surface area contributed by atoms with Gasteiger partial charge in [0.05, 0.1) is 4.90 Å². The van der Waals surface area contributed by atoms with Gasteiger partial charge in [-0.05, 0) is 65.1 Å². The number of hydrogen-bond acceptors (Lipinski definition) is 5. The first-order valence-electron chi connectivity index (χ1n) is 9.23. The zero-order valence-corrected chi connectivity index (χ0v) is 17.7. The number of carboxylic acids is 1. The molecule has 8 heteroatoms. The number of rotatable bonds is 7. The molecule has 0 amide bonds. The molecule has 4 aromatic rings. The van der Waals surface area contributed by atoms with Crippen molar-refractivity contribution in [1.82, 2.24) is 4.72 Å². The average molecular weight is 442 g/mol. The minimum Gasteiger partial charge on any atom is -0.475 e. The number of aromatic carboxylic acids is 1. The van der Waals surface area contributed by atoms with Crippen LogP contribution in [0.15, 0.2) is 68.6 Å². The number of furan rings is 1. The van der Waals surface area contributed by atoms with Crippen LogP contribution in [0.5, 0.6) is 0 Å². The second kappa shape index (κ2) is 8.06. The first-order chi connectivity index (χ1) is 14.3. The lowest BCUT2D eigenvalue weighted by Gasteiger charge is -2.08. The van der Waals surface area contributed by atoms with E-state index in [0.717, 1.165) is 16.7 Å². The van der Waals surface area contributed by atoms with Crippen molar-refractivity contribution in [3.63, 3.8) is 0 Å². The summed E-state index contributed by atoms with van der Waals surface area (Å²) in [5.74, 6) is -1.37. The molecule has 0 bridgehead atoms. The predicted molar refractivity (Wildman–Crippen MR) is 117 cm³/mol. The molecular weight excluding hydrogens is 422 g/mol. The van der Waals surface area contributed by atoms with Gasteiger partial charge in [0.15, 0.2) is 0 Å². The lowest BCUT2D eigenvalue weighted by Crippen LogP contribution is -2.26. The second-order valence-electron chi connectivity index (χ2n) is 6.88. The van der Waals surface area contributed by atoms with Crippen LogP contribution < -0.4 is 4.72 Å². The van der Waals surface area contributed by atoms with Crippen LogP contribution in [0.4, 0.5) is 0 Å². The molecular formula is C22H19NO5S2. The monoisotopic (exact) mass is 441 g/mol. The Morgan fingerprint density at radius 1 is 1.13 bits per heavy atom. The van der Waals surface area contributed by atoms with E-state index in [9.17, 15) is 18.3 Å². The fraction of sp³-hybridized carbons (Fsp3) is 0.136. The van der Waals surface area contributed by atoms with Gasteiger partial charge in [0.2, 0.25) is 15.8 Å². The lowest BCUT2D eigenvalue weighted by molar-refractivity contribution is 0.0664.